The molecule has 0 aliphatic rings. The van der Waals surface area contributed by atoms with E-state index in [1.165, 1.54) is 7.11 Å². The second-order valence-electron chi connectivity index (χ2n) is 5.78. The highest BCUT2D eigenvalue weighted by Crippen LogP contribution is 2.34. The summed E-state index contributed by atoms with van der Waals surface area (Å²) >= 11 is 0. The standard InChI is InChI=1S/C20H18O4/c1-12-9-10-16-15(11-12)17(13(2)20(22)23-3)19(24-16)18(21)14-7-5-4-6-8-14/h4-11,13H,1-3H3/t13-/m0/s1. The molecule has 0 amide bonds. The van der Waals surface area contributed by atoms with Crippen molar-refractivity contribution in [2.45, 2.75) is 19.8 Å². The maximum atomic E-state index is 12.9. The number of ketones is 1. The van der Waals surface area contributed by atoms with Gasteiger partial charge in [0.15, 0.2) is 5.76 Å². The zero-order valence-corrected chi connectivity index (χ0v) is 13.8. The Hall–Kier alpha value is -2.88. The van der Waals surface area contributed by atoms with Crippen LogP contribution in [-0.2, 0) is 9.53 Å². The van der Waals surface area contributed by atoms with Gasteiger partial charge in [-0.05, 0) is 26.0 Å². The molecule has 0 spiro atoms. The van der Waals surface area contributed by atoms with Crippen LogP contribution in [0.1, 0.15) is 40.1 Å². The van der Waals surface area contributed by atoms with Gasteiger partial charge in [-0.15, -0.1) is 0 Å². The lowest BCUT2D eigenvalue weighted by atomic mass is 9.94. The van der Waals surface area contributed by atoms with Gasteiger partial charge in [-0.25, -0.2) is 0 Å². The first kappa shape index (κ1) is 16.0. The Kier molecular flexibility index (Phi) is 4.21. The van der Waals surface area contributed by atoms with E-state index in [-0.39, 0.29) is 11.5 Å². The van der Waals surface area contributed by atoms with Crippen LogP contribution >= 0.6 is 0 Å². The van der Waals surface area contributed by atoms with Crippen molar-refractivity contribution in [3.05, 3.63) is 71.0 Å². The van der Waals surface area contributed by atoms with Crippen molar-refractivity contribution in [3.63, 3.8) is 0 Å². The minimum atomic E-state index is -0.597. The summed E-state index contributed by atoms with van der Waals surface area (Å²) in [5, 5.41) is 0.771. The zero-order valence-electron chi connectivity index (χ0n) is 13.8. The predicted molar refractivity (Wildman–Crippen MR) is 91.3 cm³/mol. The minimum absolute atomic E-state index is 0.194. The zero-order chi connectivity index (χ0) is 17.3. The third-order valence-corrected chi connectivity index (χ3v) is 4.11. The molecule has 3 rings (SSSR count). The van der Waals surface area contributed by atoms with E-state index < -0.39 is 11.9 Å². The highest BCUT2D eigenvalue weighted by atomic mass is 16.5. The number of carbonyl (C=O) groups is 2. The number of hydrogen-bond donors (Lipinski definition) is 0. The Bertz CT molecular complexity index is 906. The van der Waals surface area contributed by atoms with E-state index in [2.05, 4.69) is 0 Å². The van der Waals surface area contributed by atoms with Gasteiger partial charge in [-0.2, -0.15) is 0 Å². The second kappa shape index (κ2) is 6.32. The van der Waals surface area contributed by atoms with E-state index in [4.69, 9.17) is 9.15 Å². The van der Waals surface area contributed by atoms with Gasteiger partial charge in [-0.3, -0.25) is 9.59 Å². The van der Waals surface area contributed by atoms with E-state index in [0.717, 1.165) is 10.9 Å². The highest BCUT2D eigenvalue weighted by Gasteiger charge is 2.29. The first-order chi connectivity index (χ1) is 11.5. The highest BCUT2D eigenvalue weighted by molar-refractivity contribution is 6.11. The summed E-state index contributed by atoms with van der Waals surface area (Å²) in [5.74, 6) is -1.04. The molecule has 0 N–H and O–H groups in total. The van der Waals surface area contributed by atoms with Crippen molar-refractivity contribution in [1.82, 2.24) is 0 Å². The molecule has 1 atom stereocenters. The summed E-state index contributed by atoms with van der Waals surface area (Å²) in [6.45, 7) is 3.68. The van der Waals surface area contributed by atoms with Crippen molar-refractivity contribution in [2.75, 3.05) is 7.11 Å². The van der Waals surface area contributed by atoms with Crippen LogP contribution in [0.25, 0.3) is 11.0 Å². The molecule has 3 aromatic rings. The van der Waals surface area contributed by atoms with Crippen LogP contribution in [0, 0.1) is 6.92 Å². The van der Waals surface area contributed by atoms with Crippen LogP contribution in [0.3, 0.4) is 0 Å². The van der Waals surface area contributed by atoms with E-state index >= 15 is 0 Å². The van der Waals surface area contributed by atoms with Gasteiger partial charge < -0.3 is 9.15 Å². The number of ether oxygens (including phenoxy) is 1. The molecule has 2 aromatic carbocycles. The van der Waals surface area contributed by atoms with Crippen molar-refractivity contribution < 1.29 is 18.7 Å². The largest absolute Gasteiger partial charge is 0.469 e. The lowest BCUT2D eigenvalue weighted by Crippen LogP contribution is -2.14. The molecule has 1 aromatic heterocycles. The average Bonchev–Trinajstić information content (AvgIpc) is 2.98. The number of aryl methyl sites for hydroxylation is 1. The lowest BCUT2D eigenvalue weighted by Gasteiger charge is -2.10. The second-order valence-corrected chi connectivity index (χ2v) is 5.78. The lowest BCUT2D eigenvalue weighted by molar-refractivity contribution is -0.141. The van der Waals surface area contributed by atoms with Gasteiger partial charge in [0.2, 0.25) is 5.78 Å². The van der Waals surface area contributed by atoms with Gasteiger partial charge >= 0.3 is 5.97 Å². The summed E-state index contributed by atoms with van der Waals surface area (Å²) in [4.78, 5) is 25.0. The van der Waals surface area contributed by atoms with Gasteiger partial charge in [0.05, 0.1) is 13.0 Å². The Morgan fingerprint density at radius 2 is 1.79 bits per heavy atom. The molecule has 0 unspecified atom stereocenters. The van der Waals surface area contributed by atoms with Crippen LogP contribution in [0.15, 0.2) is 52.9 Å². The van der Waals surface area contributed by atoms with Gasteiger partial charge in [-0.1, -0.05) is 42.0 Å². The van der Waals surface area contributed by atoms with Gasteiger partial charge in [0.25, 0.3) is 0 Å². The van der Waals surface area contributed by atoms with E-state index in [0.29, 0.717) is 16.7 Å². The Balaban J connectivity index is 2.23. The summed E-state index contributed by atoms with van der Waals surface area (Å²) < 4.78 is 10.7. The molecule has 0 fully saturated rings. The molecular weight excluding hydrogens is 304 g/mol. The van der Waals surface area contributed by atoms with Crippen molar-refractivity contribution >= 4 is 22.7 Å². The monoisotopic (exact) mass is 322 g/mol. The van der Waals surface area contributed by atoms with Crippen LogP contribution in [0.4, 0.5) is 0 Å². The summed E-state index contributed by atoms with van der Waals surface area (Å²) in [5.41, 5.74) is 2.71. The summed E-state index contributed by atoms with van der Waals surface area (Å²) in [6.07, 6.45) is 0. The van der Waals surface area contributed by atoms with Crippen LogP contribution in [0.2, 0.25) is 0 Å². The van der Waals surface area contributed by atoms with Crippen molar-refractivity contribution in [3.8, 4) is 0 Å². The van der Waals surface area contributed by atoms with Gasteiger partial charge in [0.1, 0.15) is 5.58 Å². The van der Waals surface area contributed by atoms with Crippen LogP contribution in [-0.4, -0.2) is 18.9 Å². The number of methoxy groups -OCH3 is 1. The van der Waals surface area contributed by atoms with E-state index in [1.54, 1.807) is 31.2 Å². The smallest absolute Gasteiger partial charge is 0.313 e. The topological polar surface area (TPSA) is 56.5 Å². The molecule has 122 valence electrons. The summed E-state index contributed by atoms with van der Waals surface area (Å²) in [7, 11) is 1.34. The molecule has 0 radical (unpaired) electrons. The number of hydrogen-bond acceptors (Lipinski definition) is 4. The molecule has 0 aliphatic carbocycles. The van der Waals surface area contributed by atoms with Crippen molar-refractivity contribution in [1.29, 1.82) is 0 Å². The Morgan fingerprint density at radius 1 is 1.08 bits per heavy atom. The Labute approximate surface area is 140 Å². The number of furan rings is 1. The molecule has 1 heterocycles. The number of carbonyl (C=O) groups excluding carboxylic acids is 2. The fraction of sp³-hybridized carbons (Fsp3) is 0.200. The number of rotatable bonds is 4. The van der Waals surface area contributed by atoms with Crippen LogP contribution in [0.5, 0.6) is 0 Å². The maximum absolute atomic E-state index is 12.9. The molecule has 4 nitrogen and oxygen atoms in total. The molecule has 4 heteroatoms. The minimum Gasteiger partial charge on any atom is -0.469 e. The van der Waals surface area contributed by atoms with Crippen LogP contribution < -0.4 is 0 Å². The van der Waals surface area contributed by atoms with Crippen molar-refractivity contribution in [2.24, 2.45) is 0 Å². The first-order valence-corrected chi connectivity index (χ1v) is 7.73. The number of esters is 1. The predicted octanol–water partition coefficient (Wildman–Crippen LogP) is 4.25. The maximum Gasteiger partial charge on any atom is 0.313 e. The number of benzene rings is 2. The molecule has 0 saturated heterocycles. The molecule has 0 aliphatic heterocycles. The third-order valence-electron chi connectivity index (χ3n) is 4.11. The Morgan fingerprint density at radius 3 is 2.46 bits per heavy atom. The SMILES string of the molecule is COC(=O)[C@@H](C)c1c(C(=O)c2ccccc2)oc2ccc(C)cc12. The molecular formula is C20H18O4. The fourth-order valence-electron chi connectivity index (χ4n) is 2.84. The molecule has 0 bridgehead atoms. The quantitative estimate of drug-likeness (QED) is 0.532. The van der Waals surface area contributed by atoms with Gasteiger partial charge in [0, 0.05) is 16.5 Å². The molecule has 24 heavy (non-hydrogen) atoms. The fourth-order valence-corrected chi connectivity index (χ4v) is 2.84. The van der Waals surface area contributed by atoms with E-state index in [1.807, 2.05) is 31.2 Å². The number of fused-ring (bicyclic) bond motifs is 1. The third kappa shape index (κ3) is 2.71. The normalized spacial score (nSPS) is 12.1. The average molecular weight is 322 g/mol. The molecule has 0 saturated carbocycles. The first-order valence-electron chi connectivity index (χ1n) is 7.73. The van der Waals surface area contributed by atoms with E-state index in [9.17, 15) is 9.59 Å². The summed E-state index contributed by atoms with van der Waals surface area (Å²) in [6, 6.07) is 14.6.